The van der Waals surface area contributed by atoms with Gasteiger partial charge in [0.2, 0.25) is 5.91 Å². The van der Waals surface area contributed by atoms with Crippen LogP contribution in [0, 0.1) is 0 Å². The molecule has 0 aliphatic rings. The monoisotopic (exact) mass is 370 g/mol. The Bertz CT molecular complexity index is 677. The number of anilines is 1. The maximum Gasteiger partial charge on any atom is 0.311 e. The lowest BCUT2D eigenvalue weighted by atomic mass is 10.3. The van der Waals surface area contributed by atoms with Crippen molar-refractivity contribution in [2.45, 2.75) is 6.42 Å². The number of halogens is 1. The van der Waals surface area contributed by atoms with E-state index in [-0.39, 0.29) is 18.3 Å². The summed E-state index contributed by atoms with van der Waals surface area (Å²) in [5.41, 5.74) is 0.557. The predicted octanol–water partition coefficient (Wildman–Crippen LogP) is 2.87. The van der Waals surface area contributed by atoms with E-state index in [9.17, 15) is 9.59 Å². The zero-order valence-electron chi connectivity index (χ0n) is 11.0. The third-order valence-corrected chi connectivity index (χ3v) is 3.56. The van der Waals surface area contributed by atoms with E-state index in [1.54, 1.807) is 23.6 Å². The van der Waals surface area contributed by atoms with Crippen LogP contribution < -0.4 is 5.32 Å². The van der Waals surface area contributed by atoms with Crippen LogP contribution in [0.15, 0.2) is 32.7 Å². The second-order valence-electron chi connectivity index (χ2n) is 3.86. The first-order chi connectivity index (χ1) is 10.1. The SMILES string of the molecule is COC(=O)Cc1csc(NC(=O)/C=C/c2ccc(Br)o2)n1. The molecule has 0 unspecified atom stereocenters. The molecule has 0 atom stereocenters. The van der Waals surface area contributed by atoms with Gasteiger partial charge in [0.1, 0.15) is 5.76 Å². The number of rotatable bonds is 5. The highest BCUT2D eigenvalue weighted by Gasteiger charge is 2.08. The summed E-state index contributed by atoms with van der Waals surface area (Å²) in [5.74, 6) is -0.148. The molecule has 0 bridgehead atoms. The minimum Gasteiger partial charge on any atom is -0.469 e. The van der Waals surface area contributed by atoms with Crippen molar-refractivity contribution in [1.82, 2.24) is 4.98 Å². The van der Waals surface area contributed by atoms with Crippen molar-refractivity contribution in [3.05, 3.63) is 39.7 Å². The van der Waals surface area contributed by atoms with Gasteiger partial charge in [0.15, 0.2) is 9.80 Å². The lowest BCUT2D eigenvalue weighted by Crippen LogP contribution is -2.08. The number of carbonyl (C=O) groups is 2. The Labute approximate surface area is 132 Å². The molecule has 0 saturated heterocycles. The van der Waals surface area contributed by atoms with Crippen molar-refractivity contribution >= 4 is 50.4 Å². The van der Waals surface area contributed by atoms with E-state index in [1.165, 1.54) is 24.5 Å². The van der Waals surface area contributed by atoms with E-state index in [2.05, 4.69) is 31.0 Å². The largest absolute Gasteiger partial charge is 0.469 e. The number of furan rings is 1. The van der Waals surface area contributed by atoms with E-state index in [0.717, 1.165) is 0 Å². The maximum absolute atomic E-state index is 11.7. The molecule has 0 fully saturated rings. The van der Waals surface area contributed by atoms with Gasteiger partial charge in [-0.25, -0.2) is 4.98 Å². The van der Waals surface area contributed by atoms with Crippen LogP contribution in [0.3, 0.4) is 0 Å². The Morgan fingerprint density at radius 1 is 1.52 bits per heavy atom. The number of nitrogens with one attached hydrogen (secondary N) is 1. The van der Waals surface area contributed by atoms with Gasteiger partial charge in [-0.05, 0) is 34.1 Å². The summed E-state index contributed by atoms with van der Waals surface area (Å²) in [5, 5.41) is 4.72. The first-order valence-electron chi connectivity index (χ1n) is 5.82. The van der Waals surface area contributed by atoms with E-state index < -0.39 is 0 Å². The molecular formula is C13H11BrN2O4S. The summed E-state index contributed by atoms with van der Waals surface area (Å²) in [6.45, 7) is 0. The average molecular weight is 371 g/mol. The summed E-state index contributed by atoms with van der Waals surface area (Å²) in [7, 11) is 1.31. The number of nitrogens with zero attached hydrogens (tertiary/aromatic N) is 1. The zero-order chi connectivity index (χ0) is 15.2. The summed E-state index contributed by atoms with van der Waals surface area (Å²) >= 11 is 4.41. The van der Waals surface area contributed by atoms with E-state index >= 15 is 0 Å². The summed E-state index contributed by atoms with van der Waals surface area (Å²) in [6.07, 6.45) is 2.97. The van der Waals surface area contributed by atoms with Gasteiger partial charge >= 0.3 is 5.97 Å². The first kappa shape index (κ1) is 15.5. The molecule has 110 valence electrons. The highest BCUT2D eigenvalue weighted by Crippen LogP contribution is 2.17. The van der Waals surface area contributed by atoms with Crippen LogP contribution in [-0.4, -0.2) is 24.0 Å². The number of amides is 1. The van der Waals surface area contributed by atoms with Crippen LogP contribution in [0.4, 0.5) is 5.13 Å². The summed E-state index contributed by atoms with van der Waals surface area (Å²) in [6, 6.07) is 3.46. The molecular weight excluding hydrogens is 360 g/mol. The minimum atomic E-state index is -0.374. The summed E-state index contributed by atoms with van der Waals surface area (Å²) in [4.78, 5) is 26.9. The number of methoxy groups -OCH3 is 1. The predicted molar refractivity (Wildman–Crippen MR) is 81.9 cm³/mol. The van der Waals surface area contributed by atoms with Gasteiger partial charge in [-0.2, -0.15) is 0 Å². The van der Waals surface area contributed by atoms with Crippen LogP contribution in [0.5, 0.6) is 0 Å². The van der Waals surface area contributed by atoms with Gasteiger partial charge in [-0.1, -0.05) is 0 Å². The molecule has 0 aromatic carbocycles. The van der Waals surface area contributed by atoms with Crippen molar-refractivity contribution in [3.8, 4) is 0 Å². The van der Waals surface area contributed by atoms with Crippen molar-refractivity contribution in [1.29, 1.82) is 0 Å². The third kappa shape index (κ3) is 4.83. The smallest absolute Gasteiger partial charge is 0.311 e. The van der Waals surface area contributed by atoms with Crippen LogP contribution >= 0.6 is 27.3 Å². The number of ether oxygens (including phenoxy) is 1. The zero-order valence-corrected chi connectivity index (χ0v) is 13.4. The average Bonchev–Trinajstić information content (AvgIpc) is 3.05. The molecule has 2 heterocycles. The molecule has 6 nitrogen and oxygen atoms in total. The minimum absolute atomic E-state index is 0.0825. The molecule has 0 aliphatic carbocycles. The number of aromatic nitrogens is 1. The Balaban J connectivity index is 1.90. The molecule has 8 heteroatoms. The van der Waals surface area contributed by atoms with Crippen molar-refractivity contribution in [3.63, 3.8) is 0 Å². The van der Waals surface area contributed by atoms with Crippen molar-refractivity contribution in [2.75, 3.05) is 12.4 Å². The fourth-order valence-electron chi connectivity index (χ4n) is 1.39. The van der Waals surface area contributed by atoms with Gasteiger partial charge in [-0.3, -0.25) is 14.9 Å². The Kier molecular flexibility index (Phi) is 5.29. The van der Waals surface area contributed by atoms with Gasteiger partial charge in [-0.15, -0.1) is 11.3 Å². The molecule has 1 amide bonds. The molecule has 1 N–H and O–H groups in total. The highest BCUT2D eigenvalue weighted by molar-refractivity contribution is 9.10. The lowest BCUT2D eigenvalue weighted by molar-refractivity contribution is -0.139. The number of thiazole rings is 1. The molecule has 2 rings (SSSR count). The molecule has 2 aromatic heterocycles. The molecule has 0 aliphatic heterocycles. The fraction of sp³-hybridized carbons (Fsp3) is 0.154. The van der Waals surface area contributed by atoms with Gasteiger partial charge < -0.3 is 9.15 Å². The fourth-order valence-corrected chi connectivity index (χ4v) is 2.42. The van der Waals surface area contributed by atoms with E-state index in [1.807, 2.05) is 0 Å². The van der Waals surface area contributed by atoms with Gasteiger partial charge in [0, 0.05) is 11.5 Å². The lowest BCUT2D eigenvalue weighted by Gasteiger charge is -1.96. The number of esters is 1. The first-order valence-corrected chi connectivity index (χ1v) is 7.49. The van der Waals surface area contributed by atoms with Crippen molar-refractivity contribution in [2.24, 2.45) is 0 Å². The Hall–Kier alpha value is -1.93. The molecule has 0 radical (unpaired) electrons. The number of hydrogen-bond donors (Lipinski definition) is 1. The topological polar surface area (TPSA) is 81.4 Å². The molecule has 0 saturated carbocycles. The highest BCUT2D eigenvalue weighted by atomic mass is 79.9. The van der Waals surface area contributed by atoms with Crippen LogP contribution in [-0.2, 0) is 20.7 Å². The molecule has 21 heavy (non-hydrogen) atoms. The summed E-state index contributed by atoms with van der Waals surface area (Å²) < 4.78 is 10.4. The quantitative estimate of drug-likeness (QED) is 0.646. The van der Waals surface area contributed by atoms with E-state index in [4.69, 9.17) is 4.42 Å². The van der Waals surface area contributed by atoms with E-state index in [0.29, 0.717) is 21.3 Å². The molecule has 0 spiro atoms. The van der Waals surface area contributed by atoms with Gasteiger partial charge in [0.25, 0.3) is 0 Å². The second kappa shape index (κ2) is 7.19. The standard InChI is InChI=1S/C13H11BrN2O4S/c1-19-12(18)6-8-7-21-13(15-8)16-11(17)5-3-9-2-4-10(14)20-9/h2-5,7H,6H2,1H3,(H,15,16,17)/b5-3+. The number of hydrogen-bond acceptors (Lipinski definition) is 6. The number of carbonyl (C=O) groups excluding carboxylic acids is 2. The normalized spacial score (nSPS) is 10.8. The van der Waals surface area contributed by atoms with Crippen LogP contribution in [0.1, 0.15) is 11.5 Å². The Morgan fingerprint density at radius 2 is 2.33 bits per heavy atom. The molecule has 2 aromatic rings. The Morgan fingerprint density at radius 3 is 3.00 bits per heavy atom. The maximum atomic E-state index is 11.7. The second-order valence-corrected chi connectivity index (χ2v) is 5.50. The van der Waals surface area contributed by atoms with Gasteiger partial charge in [0.05, 0.1) is 19.2 Å². The third-order valence-electron chi connectivity index (χ3n) is 2.33. The van der Waals surface area contributed by atoms with Crippen LogP contribution in [0.2, 0.25) is 0 Å². The van der Waals surface area contributed by atoms with Crippen molar-refractivity contribution < 1.29 is 18.7 Å². The van der Waals surface area contributed by atoms with Crippen LogP contribution in [0.25, 0.3) is 6.08 Å².